The molecule has 0 bridgehead atoms. The molecule has 0 spiro atoms. The van der Waals surface area contributed by atoms with Crippen molar-refractivity contribution in [2.24, 2.45) is 0 Å². The Balaban J connectivity index is 1.96. The Morgan fingerprint density at radius 3 is 2.67 bits per heavy atom. The maximum Gasteiger partial charge on any atom is 0.341 e. The highest BCUT2D eigenvalue weighted by Gasteiger charge is 2.14. The van der Waals surface area contributed by atoms with E-state index in [9.17, 15) is 4.79 Å². The Morgan fingerprint density at radius 2 is 2.00 bits per heavy atom. The highest BCUT2D eigenvalue weighted by atomic mass is 16.5. The van der Waals surface area contributed by atoms with E-state index in [1.165, 1.54) is 14.2 Å². The summed E-state index contributed by atoms with van der Waals surface area (Å²) in [5.41, 5.74) is 2.69. The number of esters is 1. The third-order valence-corrected chi connectivity index (χ3v) is 4.55. The number of methoxy groups -OCH3 is 2. The van der Waals surface area contributed by atoms with Gasteiger partial charge in [0.2, 0.25) is 5.95 Å². The molecular weight excluding hydrogens is 382 g/mol. The molecule has 156 valence electrons. The second-order valence-corrected chi connectivity index (χ2v) is 6.69. The van der Waals surface area contributed by atoms with Crippen LogP contribution in [0.4, 0.5) is 17.5 Å². The number of benzene rings is 1. The average molecular weight is 407 g/mol. The molecular formula is C22H25N5O3. The maximum absolute atomic E-state index is 11.9. The second-order valence-electron chi connectivity index (χ2n) is 6.69. The van der Waals surface area contributed by atoms with Gasteiger partial charge in [-0.3, -0.25) is 4.98 Å². The molecule has 2 heterocycles. The summed E-state index contributed by atoms with van der Waals surface area (Å²) in [6, 6.07) is 11.0. The maximum atomic E-state index is 11.9. The normalized spacial score (nSPS) is 11.5. The van der Waals surface area contributed by atoms with Gasteiger partial charge in [-0.1, -0.05) is 6.92 Å². The van der Waals surface area contributed by atoms with E-state index in [0.29, 0.717) is 28.8 Å². The van der Waals surface area contributed by atoms with E-state index >= 15 is 0 Å². The third-order valence-electron chi connectivity index (χ3n) is 4.55. The Bertz CT molecular complexity index is 1010. The van der Waals surface area contributed by atoms with E-state index in [1.54, 1.807) is 30.6 Å². The first-order valence-electron chi connectivity index (χ1n) is 9.63. The summed E-state index contributed by atoms with van der Waals surface area (Å²) in [7, 11) is 2.84. The highest BCUT2D eigenvalue weighted by Crippen LogP contribution is 2.28. The quantitative estimate of drug-likeness (QED) is 0.534. The number of nitrogens with zero attached hydrogens (tertiary/aromatic N) is 3. The number of rotatable bonds is 8. The molecule has 0 amide bonds. The summed E-state index contributed by atoms with van der Waals surface area (Å²) in [6.45, 7) is 4.17. The molecule has 2 aromatic heterocycles. The third kappa shape index (κ3) is 5.02. The summed E-state index contributed by atoms with van der Waals surface area (Å²) in [5, 5.41) is 6.57. The lowest BCUT2D eigenvalue weighted by atomic mass is 10.1. The Labute approximate surface area is 175 Å². The molecule has 3 rings (SSSR count). The van der Waals surface area contributed by atoms with Gasteiger partial charge in [0.25, 0.3) is 0 Å². The van der Waals surface area contributed by atoms with E-state index in [0.717, 1.165) is 17.7 Å². The predicted molar refractivity (Wildman–Crippen MR) is 116 cm³/mol. The van der Waals surface area contributed by atoms with Gasteiger partial charge in [-0.25, -0.2) is 9.78 Å². The van der Waals surface area contributed by atoms with Crippen LogP contribution in [0, 0.1) is 0 Å². The zero-order valence-corrected chi connectivity index (χ0v) is 17.5. The predicted octanol–water partition coefficient (Wildman–Crippen LogP) is 4.29. The van der Waals surface area contributed by atoms with Crippen LogP contribution in [0.3, 0.4) is 0 Å². The lowest BCUT2D eigenvalue weighted by molar-refractivity contribution is 0.0597. The van der Waals surface area contributed by atoms with Crippen LogP contribution >= 0.6 is 0 Å². The molecule has 0 aliphatic rings. The lowest BCUT2D eigenvalue weighted by Crippen LogP contribution is -2.16. The number of hydrogen-bond acceptors (Lipinski definition) is 8. The number of aromatic nitrogens is 3. The van der Waals surface area contributed by atoms with Crippen LogP contribution in [-0.4, -0.2) is 41.2 Å². The first-order valence-corrected chi connectivity index (χ1v) is 9.63. The van der Waals surface area contributed by atoms with Crippen LogP contribution in [-0.2, 0) is 4.74 Å². The van der Waals surface area contributed by atoms with Crippen LogP contribution in [0.1, 0.15) is 30.6 Å². The van der Waals surface area contributed by atoms with Crippen molar-refractivity contribution in [3.63, 3.8) is 0 Å². The van der Waals surface area contributed by atoms with E-state index in [2.05, 4.69) is 39.4 Å². The van der Waals surface area contributed by atoms with Gasteiger partial charge >= 0.3 is 5.97 Å². The fraction of sp³-hybridized carbons (Fsp3) is 0.273. The lowest BCUT2D eigenvalue weighted by Gasteiger charge is -2.15. The van der Waals surface area contributed by atoms with E-state index in [1.807, 2.05) is 18.2 Å². The second kappa shape index (κ2) is 9.69. The Morgan fingerprint density at radius 1 is 1.17 bits per heavy atom. The smallest absolute Gasteiger partial charge is 0.341 e. The standard InChI is InChI=1S/C22H25N5O3/c1-5-14(2)24-22-26-18(15-7-6-10-23-13-15)12-20(27-22)25-16-8-9-17(21(28)30-4)19(11-16)29-3/h6-14H,5H2,1-4H3,(H2,24,25,26,27)/t14-/m0/s1. The van der Waals surface area contributed by atoms with E-state index in [-0.39, 0.29) is 6.04 Å². The molecule has 3 aromatic rings. The minimum Gasteiger partial charge on any atom is -0.496 e. The number of anilines is 3. The van der Waals surface area contributed by atoms with Crippen LogP contribution < -0.4 is 15.4 Å². The van der Waals surface area contributed by atoms with Gasteiger partial charge in [-0.15, -0.1) is 0 Å². The zero-order chi connectivity index (χ0) is 21.5. The van der Waals surface area contributed by atoms with Gasteiger partial charge in [0, 0.05) is 41.8 Å². The number of carbonyl (C=O) groups excluding carboxylic acids is 1. The minimum atomic E-state index is -0.459. The fourth-order valence-corrected chi connectivity index (χ4v) is 2.76. The van der Waals surface area contributed by atoms with E-state index in [4.69, 9.17) is 9.47 Å². The molecule has 30 heavy (non-hydrogen) atoms. The van der Waals surface area contributed by atoms with Gasteiger partial charge in [0.15, 0.2) is 0 Å². The van der Waals surface area contributed by atoms with E-state index < -0.39 is 5.97 Å². The highest BCUT2D eigenvalue weighted by molar-refractivity contribution is 5.93. The van der Waals surface area contributed by atoms with Crippen LogP contribution in [0.15, 0.2) is 48.8 Å². The number of pyridine rings is 1. The van der Waals surface area contributed by atoms with Crippen molar-refractivity contribution in [1.29, 1.82) is 0 Å². The number of nitrogens with one attached hydrogen (secondary N) is 2. The summed E-state index contributed by atoms with van der Waals surface area (Å²) in [5.74, 6) is 1.07. The largest absolute Gasteiger partial charge is 0.496 e. The molecule has 0 aliphatic heterocycles. The SMILES string of the molecule is CC[C@H](C)Nc1nc(Nc2ccc(C(=O)OC)c(OC)c2)cc(-c2cccnc2)n1. The van der Waals surface area contributed by atoms with Crippen molar-refractivity contribution < 1.29 is 14.3 Å². The van der Waals surface area contributed by atoms with Crippen molar-refractivity contribution in [1.82, 2.24) is 15.0 Å². The molecule has 2 N–H and O–H groups in total. The Kier molecular flexibility index (Phi) is 6.79. The summed E-state index contributed by atoms with van der Waals surface area (Å²) in [6.07, 6.45) is 4.42. The number of carbonyl (C=O) groups is 1. The molecule has 0 saturated heterocycles. The molecule has 8 heteroatoms. The van der Waals surface area contributed by atoms with Crippen molar-refractivity contribution in [2.45, 2.75) is 26.3 Å². The first-order chi connectivity index (χ1) is 14.5. The molecule has 0 radical (unpaired) electrons. The van der Waals surface area contributed by atoms with Crippen LogP contribution in [0.25, 0.3) is 11.3 Å². The number of hydrogen-bond donors (Lipinski definition) is 2. The minimum absolute atomic E-state index is 0.224. The summed E-state index contributed by atoms with van der Waals surface area (Å²) >= 11 is 0. The molecule has 8 nitrogen and oxygen atoms in total. The molecule has 0 unspecified atom stereocenters. The molecule has 0 fully saturated rings. The number of ether oxygens (including phenoxy) is 2. The molecule has 1 atom stereocenters. The summed E-state index contributed by atoms with van der Waals surface area (Å²) < 4.78 is 10.1. The van der Waals surface area contributed by atoms with Crippen LogP contribution in [0.5, 0.6) is 5.75 Å². The van der Waals surface area contributed by atoms with Crippen molar-refractivity contribution in [3.05, 3.63) is 54.4 Å². The molecule has 1 aromatic carbocycles. The monoisotopic (exact) mass is 407 g/mol. The van der Waals surface area contributed by atoms with Crippen molar-refractivity contribution >= 4 is 23.4 Å². The molecule has 0 saturated carbocycles. The van der Waals surface area contributed by atoms with Gasteiger partial charge in [-0.2, -0.15) is 4.98 Å². The van der Waals surface area contributed by atoms with Gasteiger partial charge < -0.3 is 20.1 Å². The fourth-order valence-electron chi connectivity index (χ4n) is 2.76. The molecule has 0 aliphatic carbocycles. The van der Waals surface area contributed by atoms with Crippen molar-refractivity contribution in [3.8, 4) is 17.0 Å². The Hall–Kier alpha value is -3.68. The van der Waals surface area contributed by atoms with Gasteiger partial charge in [-0.05, 0) is 37.6 Å². The first kappa shape index (κ1) is 21.0. The average Bonchev–Trinajstić information content (AvgIpc) is 2.78. The topological polar surface area (TPSA) is 98.3 Å². The van der Waals surface area contributed by atoms with Gasteiger partial charge in [0.1, 0.15) is 17.1 Å². The van der Waals surface area contributed by atoms with Crippen LogP contribution in [0.2, 0.25) is 0 Å². The zero-order valence-electron chi connectivity index (χ0n) is 17.5. The van der Waals surface area contributed by atoms with Crippen molar-refractivity contribution in [2.75, 3.05) is 24.9 Å². The summed E-state index contributed by atoms with van der Waals surface area (Å²) in [4.78, 5) is 25.3. The van der Waals surface area contributed by atoms with Gasteiger partial charge in [0.05, 0.1) is 19.9 Å².